The van der Waals surface area contributed by atoms with Gasteiger partial charge in [0.2, 0.25) is 0 Å². The summed E-state index contributed by atoms with van der Waals surface area (Å²) in [6.45, 7) is 5.09. The molecule has 28 heavy (non-hydrogen) atoms. The first-order valence-corrected chi connectivity index (χ1v) is 8.59. The van der Waals surface area contributed by atoms with Gasteiger partial charge in [0.05, 0.1) is 12.2 Å². The minimum Gasteiger partial charge on any atom is -0.460 e. The van der Waals surface area contributed by atoms with Gasteiger partial charge < -0.3 is 15.4 Å². The first kappa shape index (κ1) is 18.9. The van der Waals surface area contributed by atoms with E-state index in [1.54, 1.807) is 18.5 Å². The van der Waals surface area contributed by atoms with E-state index in [4.69, 9.17) is 4.74 Å². The van der Waals surface area contributed by atoms with Crippen molar-refractivity contribution >= 4 is 23.3 Å². The van der Waals surface area contributed by atoms with E-state index in [1.165, 1.54) is 6.92 Å². The minimum atomic E-state index is -0.557. The number of nitrogens with zero attached hydrogens (tertiary/aromatic N) is 2. The summed E-state index contributed by atoms with van der Waals surface area (Å²) in [5.41, 5.74) is 3.91. The fraction of sp³-hybridized carbons (Fsp3) is 0.143. The summed E-state index contributed by atoms with van der Waals surface area (Å²) in [6, 6.07) is 11.3. The Balaban J connectivity index is 1.85. The van der Waals surface area contributed by atoms with Crippen LogP contribution >= 0.6 is 0 Å². The molecule has 140 valence electrons. The third kappa shape index (κ3) is 3.76. The second-order valence-electron chi connectivity index (χ2n) is 6.13. The summed E-state index contributed by atoms with van der Waals surface area (Å²) in [7, 11) is 0. The van der Waals surface area contributed by atoms with E-state index in [-0.39, 0.29) is 24.3 Å². The van der Waals surface area contributed by atoms with Crippen LogP contribution in [0.25, 0.3) is 16.8 Å². The van der Waals surface area contributed by atoms with Crippen molar-refractivity contribution in [2.24, 2.45) is 0 Å². The lowest BCUT2D eigenvalue weighted by atomic mass is 9.92. The van der Waals surface area contributed by atoms with Gasteiger partial charge in [-0.15, -0.1) is 0 Å². The number of para-hydroxylation sites is 1. The third-order valence-electron chi connectivity index (χ3n) is 4.13. The molecule has 1 amide bonds. The van der Waals surface area contributed by atoms with Gasteiger partial charge in [-0.05, 0) is 19.1 Å². The SMILES string of the molecule is C=C(C)C(=O)OCCNC(=O)C(C#N)=C1Nc2ccccc2-c2cnccc21. The van der Waals surface area contributed by atoms with Crippen LogP contribution in [0.3, 0.4) is 0 Å². The van der Waals surface area contributed by atoms with Gasteiger partial charge in [0.25, 0.3) is 5.91 Å². The Morgan fingerprint density at radius 2 is 2.04 bits per heavy atom. The van der Waals surface area contributed by atoms with Crippen LogP contribution in [0.2, 0.25) is 0 Å². The Labute approximate surface area is 162 Å². The quantitative estimate of drug-likeness (QED) is 0.361. The number of benzene rings is 1. The van der Waals surface area contributed by atoms with Gasteiger partial charge in [-0.3, -0.25) is 9.78 Å². The predicted molar refractivity (Wildman–Crippen MR) is 105 cm³/mol. The number of carbonyl (C=O) groups excluding carboxylic acids is 2. The van der Waals surface area contributed by atoms with Crippen molar-refractivity contribution in [2.45, 2.75) is 6.92 Å². The lowest BCUT2D eigenvalue weighted by Crippen LogP contribution is -2.30. The lowest BCUT2D eigenvalue weighted by Gasteiger charge is -2.24. The van der Waals surface area contributed by atoms with E-state index in [9.17, 15) is 14.9 Å². The number of nitriles is 1. The highest BCUT2D eigenvalue weighted by Gasteiger charge is 2.25. The normalized spacial score (nSPS) is 13.1. The van der Waals surface area contributed by atoms with Gasteiger partial charge in [-0.25, -0.2) is 4.79 Å². The number of anilines is 1. The smallest absolute Gasteiger partial charge is 0.333 e. The summed E-state index contributed by atoms with van der Waals surface area (Å²) in [4.78, 5) is 28.1. The van der Waals surface area contributed by atoms with Crippen LogP contribution in [0.4, 0.5) is 5.69 Å². The van der Waals surface area contributed by atoms with Crippen LogP contribution in [0.15, 0.2) is 60.5 Å². The number of ether oxygens (including phenoxy) is 1. The van der Waals surface area contributed by atoms with Crippen molar-refractivity contribution in [1.82, 2.24) is 10.3 Å². The summed E-state index contributed by atoms with van der Waals surface area (Å²) >= 11 is 0. The zero-order valence-electron chi connectivity index (χ0n) is 15.3. The standard InChI is InChI=1S/C21H18N4O3/c1-13(2)21(27)28-10-9-24-20(26)16(11-22)19-15-7-8-23-12-17(15)14-5-3-4-6-18(14)25-19/h3-8,12,25H,1,9-10H2,2H3,(H,24,26). The topological polar surface area (TPSA) is 104 Å². The summed E-state index contributed by atoms with van der Waals surface area (Å²) in [5.74, 6) is -1.08. The number of hydrogen-bond donors (Lipinski definition) is 2. The van der Waals surface area contributed by atoms with Crippen LogP contribution in [-0.2, 0) is 14.3 Å². The Morgan fingerprint density at radius 1 is 1.25 bits per heavy atom. The Morgan fingerprint density at radius 3 is 2.79 bits per heavy atom. The number of aromatic nitrogens is 1. The first-order valence-electron chi connectivity index (χ1n) is 8.59. The van der Waals surface area contributed by atoms with Crippen molar-refractivity contribution in [2.75, 3.05) is 18.5 Å². The highest BCUT2D eigenvalue weighted by Crippen LogP contribution is 2.40. The maximum absolute atomic E-state index is 12.6. The molecule has 7 nitrogen and oxygen atoms in total. The number of fused-ring (bicyclic) bond motifs is 3. The maximum atomic E-state index is 12.6. The molecule has 1 aliphatic rings. The van der Waals surface area contributed by atoms with E-state index < -0.39 is 11.9 Å². The molecule has 0 unspecified atom stereocenters. The zero-order chi connectivity index (χ0) is 20.1. The predicted octanol–water partition coefficient (Wildman–Crippen LogP) is 2.64. The molecule has 0 atom stereocenters. The van der Waals surface area contributed by atoms with Gasteiger partial charge in [-0.2, -0.15) is 5.26 Å². The van der Waals surface area contributed by atoms with Gasteiger partial charge in [-0.1, -0.05) is 24.8 Å². The summed E-state index contributed by atoms with van der Waals surface area (Å²) in [5, 5.41) is 15.4. The highest BCUT2D eigenvalue weighted by atomic mass is 16.5. The number of amides is 1. The second-order valence-corrected chi connectivity index (χ2v) is 6.13. The van der Waals surface area contributed by atoms with Crippen molar-refractivity contribution in [1.29, 1.82) is 5.26 Å². The summed E-state index contributed by atoms with van der Waals surface area (Å²) < 4.78 is 4.94. The molecule has 2 aromatic rings. The molecule has 2 N–H and O–H groups in total. The number of carbonyl (C=O) groups is 2. The van der Waals surface area contributed by atoms with E-state index in [0.29, 0.717) is 11.3 Å². The molecule has 7 heteroatoms. The molecule has 0 aliphatic carbocycles. The van der Waals surface area contributed by atoms with Crippen molar-refractivity contribution in [3.63, 3.8) is 0 Å². The van der Waals surface area contributed by atoms with E-state index >= 15 is 0 Å². The molecule has 1 aromatic carbocycles. The van der Waals surface area contributed by atoms with E-state index in [0.717, 1.165) is 16.8 Å². The molecular formula is C21H18N4O3. The third-order valence-corrected chi connectivity index (χ3v) is 4.13. The number of hydrogen-bond acceptors (Lipinski definition) is 6. The first-order chi connectivity index (χ1) is 13.5. The van der Waals surface area contributed by atoms with Gasteiger partial charge in [0.15, 0.2) is 0 Å². The Hall–Kier alpha value is -3.92. The number of nitrogens with one attached hydrogen (secondary N) is 2. The van der Waals surface area contributed by atoms with Crippen LogP contribution in [0.1, 0.15) is 12.5 Å². The average Bonchev–Trinajstić information content (AvgIpc) is 2.71. The van der Waals surface area contributed by atoms with Crippen molar-refractivity contribution in [3.05, 3.63) is 66.0 Å². The van der Waals surface area contributed by atoms with Crippen molar-refractivity contribution in [3.8, 4) is 17.2 Å². The minimum absolute atomic E-state index is 0.0117. The largest absolute Gasteiger partial charge is 0.460 e. The molecule has 0 saturated carbocycles. The van der Waals surface area contributed by atoms with E-state index in [1.807, 2.05) is 30.3 Å². The van der Waals surface area contributed by atoms with Crippen LogP contribution in [0.5, 0.6) is 0 Å². The molecular weight excluding hydrogens is 356 g/mol. The van der Waals surface area contributed by atoms with Gasteiger partial charge in [0.1, 0.15) is 18.2 Å². The molecule has 0 radical (unpaired) electrons. The fourth-order valence-electron chi connectivity index (χ4n) is 2.79. The highest BCUT2D eigenvalue weighted by molar-refractivity contribution is 6.10. The maximum Gasteiger partial charge on any atom is 0.333 e. The number of rotatable bonds is 5. The number of esters is 1. The van der Waals surface area contributed by atoms with Crippen molar-refractivity contribution < 1.29 is 14.3 Å². The second kappa shape index (κ2) is 8.18. The molecule has 1 aliphatic heterocycles. The molecule has 0 fully saturated rings. The molecule has 0 spiro atoms. The Bertz CT molecular complexity index is 1030. The van der Waals surface area contributed by atoms with Gasteiger partial charge >= 0.3 is 5.97 Å². The van der Waals surface area contributed by atoms with Crippen LogP contribution in [0, 0.1) is 11.3 Å². The monoisotopic (exact) mass is 374 g/mol. The summed E-state index contributed by atoms with van der Waals surface area (Å²) in [6.07, 6.45) is 3.32. The molecule has 1 aromatic heterocycles. The molecule has 0 bridgehead atoms. The van der Waals surface area contributed by atoms with Crippen LogP contribution < -0.4 is 10.6 Å². The molecule has 3 rings (SSSR count). The Kier molecular flexibility index (Phi) is 5.51. The lowest BCUT2D eigenvalue weighted by molar-refractivity contribution is -0.139. The molecule has 0 saturated heterocycles. The fourth-order valence-corrected chi connectivity index (χ4v) is 2.79. The molecule has 2 heterocycles. The van der Waals surface area contributed by atoms with E-state index in [2.05, 4.69) is 22.2 Å². The van der Waals surface area contributed by atoms with Gasteiger partial charge in [0, 0.05) is 40.3 Å². The van der Waals surface area contributed by atoms with Crippen LogP contribution in [-0.4, -0.2) is 30.0 Å². The zero-order valence-corrected chi connectivity index (χ0v) is 15.3. The average molecular weight is 374 g/mol. The number of pyridine rings is 1.